The molecule has 0 bridgehead atoms. The number of rotatable bonds is 5. The first-order valence-electron chi connectivity index (χ1n) is 11.6. The zero-order valence-electron chi connectivity index (χ0n) is 22.1. The molecule has 0 spiro atoms. The van der Waals surface area contributed by atoms with Crippen molar-refractivity contribution in [3.05, 3.63) is 64.3 Å². The van der Waals surface area contributed by atoms with Crippen LogP contribution in [0.4, 0.5) is 11.4 Å². The molecule has 34 heavy (non-hydrogen) atoms. The molecule has 1 heterocycles. The number of halogens is 2. The molecule has 1 aliphatic rings. The number of hydrogen-bond acceptors (Lipinski definition) is 3. The van der Waals surface area contributed by atoms with Gasteiger partial charge in [-0.2, -0.15) is 6.67 Å². The molecule has 2 aromatic carbocycles. The molecule has 0 saturated carbocycles. The van der Waals surface area contributed by atoms with Crippen LogP contribution < -0.4 is 9.80 Å². The largest absolute Gasteiger partial charge is 0.502 e. The molecule has 0 N–H and O–H groups in total. The summed E-state index contributed by atoms with van der Waals surface area (Å²) in [5.74, 6) is 0. The van der Waals surface area contributed by atoms with E-state index in [1.807, 2.05) is 10.8 Å². The van der Waals surface area contributed by atoms with Crippen LogP contribution in [0.1, 0.15) is 53.6 Å². The van der Waals surface area contributed by atoms with Crippen molar-refractivity contribution in [1.82, 2.24) is 0 Å². The van der Waals surface area contributed by atoms with Gasteiger partial charge in [-0.3, -0.25) is 0 Å². The summed E-state index contributed by atoms with van der Waals surface area (Å²) in [7, 11) is 13.2. The van der Waals surface area contributed by atoms with Gasteiger partial charge in [0.2, 0.25) is 0 Å². The first kappa shape index (κ1) is 29.0. The minimum absolute atomic E-state index is 0.102. The van der Waals surface area contributed by atoms with Crippen LogP contribution in [0.15, 0.2) is 29.3 Å². The van der Waals surface area contributed by atoms with Crippen LogP contribution in [0, 0.1) is 53.6 Å². The van der Waals surface area contributed by atoms with Crippen LogP contribution in [-0.2, 0) is 13.5 Å². The van der Waals surface area contributed by atoms with E-state index in [4.69, 9.17) is 19.4 Å². The van der Waals surface area contributed by atoms with Crippen LogP contribution in [-0.4, -0.2) is 31.0 Å². The average molecular weight is 591 g/mol. The molecular weight excluding hydrogens is 550 g/mol. The van der Waals surface area contributed by atoms with Crippen LogP contribution in [0.2, 0.25) is 0 Å². The Morgan fingerprint density at radius 3 is 1.56 bits per heavy atom. The predicted octanol–water partition coefficient (Wildman–Crippen LogP) is 7.81. The van der Waals surface area contributed by atoms with Gasteiger partial charge in [0.05, 0.1) is 0 Å². The summed E-state index contributed by atoms with van der Waals surface area (Å²) >= 11 is -1.57. The number of anilines is 2. The van der Waals surface area contributed by atoms with Crippen molar-refractivity contribution in [2.24, 2.45) is 10.4 Å². The maximum absolute atomic E-state index is 5.69. The second kappa shape index (κ2) is 12.7. The Morgan fingerprint density at radius 1 is 0.853 bits per heavy atom. The van der Waals surface area contributed by atoms with Crippen molar-refractivity contribution in [3.8, 4) is 0 Å². The van der Waals surface area contributed by atoms with Crippen molar-refractivity contribution in [2.75, 3.05) is 29.9 Å². The SMILES string of the molecule is CN=CC(C)(C)C[CH]=[Ru]([Cl])[Cl].Cc1cc(C)c(N2[CH-]N(c3c(C)cc(C)cc3C)CC2)c(C)c1. The third kappa shape index (κ3) is 8.18. The van der Waals surface area contributed by atoms with Gasteiger partial charge in [-0.25, -0.2) is 0 Å². The molecule has 190 valence electrons. The number of hydrogen-bond donors (Lipinski definition) is 0. The Bertz CT molecular complexity index is 946. The fourth-order valence-electron chi connectivity index (χ4n) is 4.73. The van der Waals surface area contributed by atoms with Gasteiger partial charge in [0.25, 0.3) is 0 Å². The van der Waals surface area contributed by atoms with Crippen molar-refractivity contribution >= 4 is 41.6 Å². The Morgan fingerprint density at radius 2 is 1.24 bits per heavy atom. The minimum atomic E-state index is -1.57. The Kier molecular flexibility index (Phi) is 10.8. The van der Waals surface area contributed by atoms with E-state index in [0.29, 0.717) is 0 Å². The van der Waals surface area contributed by atoms with E-state index in [2.05, 4.69) is 101 Å². The van der Waals surface area contributed by atoms with Crippen molar-refractivity contribution in [2.45, 2.75) is 61.8 Å². The van der Waals surface area contributed by atoms with E-state index in [1.165, 1.54) is 44.8 Å². The normalized spacial score (nSPS) is 14.4. The number of aliphatic imine (C=N–C) groups is 1. The zero-order valence-corrected chi connectivity index (χ0v) is 25.4. The van der Waals surface area contributed by atoms with E-state index in [1.54, 1.807) is 7.05 Å². The first-order valence-corrected chi connectivity index (χ1v) is 17.1. The molecule has 0 unspecified atom stereocenters. The minimum Gasteiger partial charge on any atom is -0.502 e. The van der Waals surface area contributed by atoms with Gasteiger partial charge in [0, 0.05) is 24.5 Å². The third-order valence-corrected chi connectivity index (χ3v) is 8.07. The van der Waals surface area contributed by atoms with E-state index in [-0.39, 0.29) is 5.41 Å². The topological polar surface area (TPSA) is 18.8 Å². The summed E-state index contributed by atoms with van der Waals surface area (Å²) in [6.45, 7) is 21.8. The summed E-state index contributed by atoms with van der Waals surface area (Å²) in [5, 5.41) is 0. The van der Waals surface area contributed by atoms with Gasteiger partial charge in [-0.1, -0.05) is 35.4 Å². The molecule has 0 atom stereocenters. The second-order valence-electron chi connectivity index (χ2n) is 9.93. The van der Waals surface area contributed by atoms with Gasteiger partial charge in [-0.15, -0.1) is 0 Å². The number of benzene rings is 2. The smallest absolute Gasteiger partial charge is 0.0146 e. The molecule has 1 saturated heterocycles. The quantitative estimate of drug-likeness (QED) is 0.201. The van der Waals surface area contributed by atoms with Gasteiger partial charge in [-0.05, 0) is 63.8 Å². The molecule has 1 aliphatic heterocycles. The van der Waals surface area contributed by atoms with Gasteiger partial charge in [0.15, 0.2) is 0 Å². The third-order valence-electron chi connectivity index (χ3n) is 5.89. The molecule has 1 fully saturated rings. The summed E-state index contributed by atoms with van der Waals surface area (Å²) in [6.07, 6.45) is 2.84. The predicted molar refractivity (Wildman–Crippen MR) is 151 cm³/mol. The molecule has 0 aliphatic carbocycles. The first-order chi connectivity index (χ1) is 15.8. The fourth-order valence-corrected chi connectivity index (χ4v) is 6.56. The zero-order chi connectivity index (χ0) is 25.6. The molecule has 0 amide bonds. The van der Waals surface area contributed by atoms with E-state index in [9.17, 15) is 0 Å². The summed E-state index contributed by atoms with van der Waals surface area (Å²) < 4.78 is 2.01. The number of aryl methyl sites for hydroxylation is 6. The van der Waals surface area contributed by atoms with Gasteiger partial charge < -0.3 is 9.80 Å². The van der Waals surface area contributed by atoms with E-state index < -0.39 is 13.5 Å². The average Bonchev–Trinajstić information content (AvgIpc) is 3.14. The summed E-state index contributed by atoms with van der Waals surface area (Å²) in [5.41, 5.74) is 10.9. The van der Waals surface area contributed by atoms with E-state index in [0.717, 1.165) is 19.5 Å². The molecular formula is C28H40Cl2N3Ru-. The van der Waals surface area contributed by atoms with Crippen molar-refractivity contribution < 1.29 is 13.5 Å². The standard InChI is InChI=1S/C21H27N2.C7H13N.2ClH.Ru/c1-14-9-16(3)20(17(4)10-14)22-7-8-23(13-22)21-18(5)11-15(2)12-19(21)6;1-5-7(2,3)6-8-4;;;/h9-13H,7-8H2,1-6H3;1,6H,5H2,2-4H3;2*1H;/q-1;;;;+2/p-2. The van der Waals surface area contributed by atoms with Crippen LogP contribution >= 0.6 is 19.4 Å². The van der Waals surface area contributed by atoms with E-state index >= 15 is 0 Å². The summed E-state index contributed by atoms with van der Waals surface area (Å²) in [6, 6.07) is 9.12. The molecule has 0 aromatic heterocycles. The Balaban J connectivity index is 0.000000316. The van der Waals surface area contributed by atoms with Crippen molar-refractivity contribution in [1.29, 1.82) is 0 Å². The van der Waals surface area contributed by atoms with Crippen LogP contribution in [0.3, 0.4) is 0 Å². The van der Waals surface area contributed by atoms with Gasteiger partial charge >= 0.3 is 81.4 Å². The maximum atomic E-state index is 5.69. The van der Waals surface area contributed by atoms with Gasteiger partial charge in [0.1, 0.15) is 0 Å². The molecule has 6 heteroatoms. The maximum Gasteiger partial charge on any atom is 0.0146 e. The molecule has 3 nitrogen and oxygen atoms in total. The summed E-state index contributed by atoms with van der Waals surface area (Å²) in [4.78, 5) is 8.78. The molecule has 0 radical (unpaired) electrons. The van der Waals surface area contributed by atoms with Crippen LogP contribution in [0.25, 0.3) is 0 Å². The second-order valence-corrected chi connectivity index (χ2v) is 15.9. The van der Waals surface area contributed by atoms with Crippen molar-refractivity contribution in [3.63, 3.8) is 0 Å². The number of nitrogens with zero attached hydrogens (tertiary/aromatic N) is 3. The molecule has 2 aromatic rings. The molecule has 3 rings (SSSR count). The van der Waals surface area contributed by atoms with Crippen LogP contribution in [0.5, 0.6) is 0 Å². The fraction of sp³-hybridized carbons (Fsp3) is 0.464. The monoisotopic (exact) mass is 590 g/mol. The Hall–Kier alpha value is -1.22. The Labute approximate surface area is 220 Å².